The number of piperidine rings is 1. The Morgan fingerprint density at radius 3 is 2.59 bits per heavy atom. The van der Waals surface area contributed by atoms with Crippen LogP contribution in [0.4, 0.5) is 5.00 Å². The Morgan fingerprint density at radius 1 is 1.24 bits per heavy atom. The van der Waals surface area contributed by atoms with Crippen molar-refractivity contribution in [1.29, 1.82) is 0 Å². The van der Waals surface area contributed by atoms with Gasteiger partial charge in [0.1, 0.15) is 0 Å². The van der Waals surface area contributed by atoms with E-state index < -0.39 is 0 Å². The van der Waals surface area contributed by atoms with Gasteiger partial charge in [-0.15, -0.1) is 11.3 Å². The fourth-order valence-electron chi connectivity index (χ4n) is 1.95. The smallest absolute Gasteiger partial charge is 0.263 e. The van der Waals surface area contributed by atoms with E-state index in [1.165, 1.54) is 24.7 Å². The molecule has 1 N–H and O–H groups in total. The molecular formula is C12H16N2O2S. The Bertz CT molecular complexity index is 422. The molecule has 1 fully saturated rings. The summed E-state index contributed by atoms with van der Waals surface area (Å²) in [5, 5.41) is 3.43. The first-order valence-electron chi connectivity index (χ1n) is 5.83. The molecule has 0 radical (unpaired) electrons. The van der Waals surface area contributed by atoms with Crippen molar-refractivity contribution in [1.82, 2.24) is 4.90 Å². The second-order valence-corrected chi connectivity index (χ2v) is 5.28. The predicted molar refractivity (Wildman–Crippen MR) is 68.4 cm³/mol. The third kappa shape index (κ3) is 3.06. The Labute approximate surface area is 105 Å². The molecule has 4 nitrogen and oxygen atoms in total. The van der Waals surface area contributed by atoms with E-state index in [9.17, 15) is 9.59 Å². The number of carbonyl (C=O) groups is 2. The normalized spacial score (nSPS) is 15.7. The molecule has 1 aromatic rings. The SMILES string of the molecule is CC(=O)Nc1ccc(C(=O)N2CCCCC2)s1. The number of amides is 2. The molecule has 1 saturated heterocycles. The lowest BCUT2D eigenvalue weighted by Gasteiger charge is -2.26. The molecule has 2 heterocycles. The van der Waals surface area contributed by atoms with Crippen molar-refractivity contribution in [2.75, 3.05) is 18.4 Å². The first-order valence-corrected chi connectivity index (χ1v) is 6.65. The highest BCUT2D eigenvalue weighted by Gasteiger charge is 2.19. The molecule has 17 heavy (non-hydrogen) atoms. The number of anilines is 1. The van der Waals surface area contributed by atoms with E-state index in [4.69, 9.17) is 0 Å². The molecule has 2 rings (SSSR count). The number of hydrogen-bond donors (Lipinski definition) is 1. The molecule has 0 unspecified atom stereocenters. The van der Waals surface area contributed by atoms with Gasteiger partial charge in [0, 0.05) is 20.0 Å². The van der Waals surface area contributed by atoms with Crippen LogP contribution in [0, 0.1) is 0 Å². The molecule has 92 valence electrons. The highest BCUT2D eigenvalue weighted by Crippen LogP contribution is 2.24. The van der Waals surface area contributed by atoms with Gasteiger partial charge in [0.25, 0.3) is 5.91 Å². The van der Waals surface area contributed by atoms with Crippen molar-refractivity contribution in [3.63, 3.8) is 0 Å². The number of carbonyl (C=O) groups excluding carboxylic acids is 2. The maximum Gasteiger partial charge on any atom is 0.263 e. The lowest BCUT2D eigenvalue weighted by molar-refractivity contribution is -0.114. The fraction of sp³-hybridized carbons (Fsp3) is 0.500. The summed E-state index contributed by atoms with van der Waals surface area (Å²) in [6.07, 6.45) is 3.40. The van der Waals surface area contributed by atoms with Gasteiger partial charge in [-0.2, -0.15) is 0 Å². The molecule has 0 spiro atoms. The van der Waals surface area contributed by atoms with Crippen molar-refractivity contribution in [2.45, 2.75) is 26.2 Å². The zero-order chi connectivity index (χ0) is 12.3. The minimum Gasteiger partial charge on any atom is -0.338 e. The average Bonchev–Trinajstić information content (AvgIpc) is 2.77. The van der Waals surface area contributed by atoms with Gasteiger partial charge < -0.3 is 10.2 Å². The number of nitrogens with zero attached hydrogens (tertiary/aromatic N) is 1. The van der Waals surface area contributed by atoms with Gasteiger partial charge in [0.05, 0.1) is 9.88 Å². The van der Waals surface area contributed by atoms with Gasteiger partial charge >= 0.3 is 0 Å². The monoisotopic (exact) mass is 252 g/mol. The van der Waals surface area contributed by atoms with Crippen LogP contribution in [0.25, 0.3) is 0 Å². The first kappa shape index (κ1) is 12.1. The lowest BCUT2D eigenvalue weighted by atomic mass is 10.1. The minimum absolute atomic E-state index is 0.0892. The van der Waals surface area contributed by atoms with E-state index in [1.54, 1.807) is 12.1 Å². The summed E-state index contributed by atoms with van der Waals surface area (Å²) in [6.45, 7) is 3.17. The summed E-state index contributed by atoms with van der Waals surface area (Å²) in [5.74, 6) is -0.0184. The topological polar surface area (TPSA) is 49.4 Å². The number of thiophene rings is 1. The Balaban J connectivity index is 2.03. The van der Waals surface area contributed by atoms with Crippen LogP contribution in [-0.2, 0) is 4.79 Å². The molecular weight excluding hydrogens is 236 g/mol. The Morgan fingerprint density at radius 2 is 1.94 bits per heavy atom. The third-order valence-corrected chi connectivity index (χ3v) is 3.75. The van der Waals surface area contributed by atoms with Crippen LogP contribution in [0.5, 0.6) is 0 Å². The molecule has 0 aromatic carbocycles. The lowest BCUT2D eigenvalue weighted by Crippen LogP contribution is -2.35. The van der Waals surface area contributed by atoms with Crippen LogP contribution in [0.2, 0.25) is 0 Å². The minimum atomic E-state index is -0.108. The summed E-state index contributed by atoms with van der Waals surface area (Å²) in [4.78, 5) is 25.6. The Kier molecular flexibility index (Phi) is 3.78. The van der Waals surface area contributed by atoms with E-state index in [0.717, 1.165) is 30.9 Å². The highest BCUT2D eigenvalue weighted by atomic mass is 32.1. The summed E-state index contributed by atoms with van der Waals surface area (Å²) < 4.78 is 0. The summed E-state index contributed by atoms with van der Waals surface area (Å²) in [6, 6.07) is 3.57. The standard InChI is InChI=1S/C12H16N2O2S/c1-9(15)13-11-6-5-10(17-11)12(16)14-7-3-2-4-8-14/h5-6H,2-4,7-8H2,1H3,(H,13,15). The molecule has 2 amide bonds. The van der Waals surface area contributed by atoms with Gasteiger partial charge in [-0.25, -0.2) is 0 Å². The van der Waals surface area contributed by atoms with Crippen LogP contribution in [0.3, 0.4) is 0 Å². The van der Waals surface area contributed by atoms with E-state index >= 15 is 0 Å². The van der Waals surface area contributed by atoms with Gasteiger partial charge in [-0.1, -0.05) is 0 Å². The molecule has 1 aliphatic rings. The number of likely N-dealkylation sites (tertiary alicyclic amines) is 1. The highest BCUT2D eigenvalue weighted by molar-refractivity contribution is 7.18. The summed E-state index contributed by atoms with van der Waals surface area (Å²) in [5.41, 5.74) is 0. The molecule has 0 saturated carbocycles. The van der Waals surface area contributed by atoms with Crippen LogP contribution in [0.1, 0.15) is 35.9 Å². The first-order chi connectivity index (χ1) is 8.16. The fourth-order valence-corrected chi connectivity index (χ4v) is 2.87. The van der Waals surface area contributed by atoms with Crippen LogP contribution in [-0.4, -0.2) is 29.8 Å². The summed E-state index contributed by atoms with van der Waals surface area (Å²) >= 11 is 1.34. The number of hydrogen-bond acceptors (Lipinski definition) is 3. The third-order valence-electron chi connectivity index (χ3n) is 2.76. The Hall–Kier alpha value is -1.36. The van der Waals surface area contributed by atoms with Gasteiger partial charge in [0.2, 0.25) is 5.91 Å². The van der Waals surface area contributed by atoms with E-state index in [-0.39, 0.29) is 11.8 Å². The van der Waals surface area contributed by atoms with Crippen LogP contribution < -0.4 is 5.32 Å². The van der Waals surface area contributed by atoms with Crippen molar-refractivity contribution >= 4 is 28.2 Å². The zero-order valence-electron chi connectivity index (χ0n) is 9.86. The van der Waals surface area contributed by atoms with Crippen LogP contribution >= 0.6 is 11.3 Å². The van der Waals surface area contributed by atoms with Crippen molar-refractivity contribution in [2.24, 2.45) is 0 Å². The van der Waals surface area contributed by atoms with Crippen molar-refractivity contribution < 1.29 is 9.59 Å². The molecule has 0 atom stereocenters. The molecule has 1 aliphatic heterocycles. The molecule has 1 aromatic heterocycles. The van der Waals surface area contributed by atoms with Gasteiger partial charge in [-0.3, -0.25) is 9.59 Å². The predicted octanol–water partition coefficient (Wildman–Crippen LogP) is 2.33. The van der Waals surface area contributed by atoms with E-state index in [0.29, 0.717) is 4.88 Å². The average molecular weight is 252 g/mol. The maximum atomic E-state index is 12.1. The second-order valence-electron chi connectivity index (χ2n) is 4.20. The van der Waals surface area contributed by atoms with Crippen molar-refractivity contribution in [3.05, 3.63) is 17.0 Å². The molecule has 0 bridgehead atoms. The number of rotatable bonds is 2. The second kappa shape index (κ2) is 5.31. The number of nitrogens with one attached hydrogen (secondary N) is 1. The maximum absolute atomic E-state index is 12.1. The van der Waals surface area contributed by atoms with Crippen molar-refractivity contribution in [3.8, 4) is 0 Å². The van der Waals surface area contributed by atoms with E-state index in [2.05, 4.69) is 5.32 Å². The van der Waals surface area contributed by atoms with Gasteiger partial charge in [0.15, 0.2) is 0 Å². The zero-order valence-corrected chi connectivity index (χ0v) is 10.7. The molecule has 0 aliphatic carbocycles. The van der Waals surface area contributed by atoms with Crippen LogP contribution in [0.15, 0.2) is 12.1 Å². The largest absolute Gasteiger partial charge is 0.338 e. The summed E-state index contributed by atoms with van der Waals surface area (Å²) in [7, 11) is 0. The quantitative estimate of drug-likeness (QED) is 0.878. The van der Waals surface area contributed by atoms with E-state index in [1.807, 2.05) is 4.90 Å². The molecule has 5 heteroatoms. The van der Waals surface area contributed by atoms with Gasteiger partial charge in [-0.05, 0) is 31.4 Å².